The molecule has 0 bridgehead atoms. The first-order chi connectivity index (χ1) is 9.49. The van der Waals surface area contributed by atoms with Gasteiger partial charge in [-0.1, -0.05) is 12.2 Å². The lowest BCUT2D eigenvalue weighted by Crippen LogP contribution is -2.53. The first-order valence-electron chi connectivity index (χ1n) is 6.74. The van der Waals surface area contributed by atoms with Gasteiger partial charge in [-0.05, 0) is 26.0 Å². The number of hydrogen-bond acceptors (Lipinski definition) is 4. The highest BCUT2D eigenvalue weighted by molar-refractivity contribution is 7.80. The third kappa shape index (κ3) is 3.32. The molecule has 1 fully saturated rings. The molecule has 1 aromatic heterocycles. The third-order valence-electron chi connectivity index (χ3n) is 3.72. The zero-order chi connectivity index (χ0) is 14.7. The Labute approximate surface area is 124 Å². The van der Waals surface area contributed by atoms with Crippen molar-refractivity contribution >= 4 is 23.1 Å². The molecule has 2 rings (SSSR count). The van der Waals surface area contributed by atoms with Crippen molar-refractivity contribution < 1.29 is 4.79 Å². The van der Waals surface area contributed by atoms with E-state index in [0.29, 0.717) is 23.6 Å². The van der Waals surface area contributed by atoms with Gasteiger partial charge >= 0.3 is 0 Å². The zero-order valence-electron chi connectivity index (χ0n) is 11.9. The van der Waals surface area contributed by atoms with Gasteiger partial charge in [0.15, 0.2) is 0 Å². The average Bonchev–Trinajstić information content (AvgIpc) is 2.46. The molecule has 1 saturated heterocycles. The molecule has 5 nitrogen and oxygen atoms in total. The summed E-state index contributed by atoms with van der Waals surface area (Å²) in [6.07, 6.45) is 1.64. The van der Waals surface area contributed by atoms with Crippen LogP contribution in [-0.2, 0) is 0 Å². The summed E-state index contributed by atoms with van der Waals surface area (Å²) in [7, 11) is 0. The van der Waals surface area contributed by atoms with Crippen LogP contribution in [0.5, 0.6) is 0 Å². The quantitative estimate of drug-likeness (QED) is 0.836. The Hall–Kier alpha value is -1.53. The van der Waals surface area contributed by atoms with Crippen LogP contribution in [0.25, 0.3) is 0 Å². The summed E-state index contributed by atoms with van der Waals surface area (Å²) < 4.78 is 0. The number of rotatable bonds is 3. The molecular formula is C14H20N4OS. The van der Waals surface area contributed by atoms with Gasteiger partial charge in [-0.15, -0.1) is 0 Å². The van der Waals surface area contributed by atoms with Crippen molar-refractivity contribution in [3.8, 4) is 0 Å². The van der Waals surface area contributed by atoms with E-state index in [1.54, 1.807) is 6.20 Å². The molecule has 2 heterocycles. The van der Waals surface area contributed by atoms with Crippen LogP contribution < -0.4 is 5.73 Å². The molecule has 1 amide bonds. The topological polar surface area (TPSA) is 62.5 Å². The molecule has 0 radical (unpaired) electrons. The van der Waals surface area contributed by atoms with E-state index in [1.165, 1.54) is 0 Å². The van der Waals surface area contributed by atoms with Crippen LogP contribution in [0.3, 0.4) is 0 Å². The molecule has 1 atom stereocenters. The molecule has 1 unspecified atom stereocenters. The molecule has 0 spiro atoms. The largest absolute Gasteiger partial charge is 0.392 e. The van der Waals surface area contributed by atoms with E-state index in [1.807, 2.05) is 30.9 Å². The predicted octanol–water partition coefficient (Wildman–Crippen LogP) is 0.822. The van der Waals surface area contributed by atoms with Crippen molar-refractivity contribution in [1.82, 2.24) is 14.8 Å². The zero-order valence-corrected chi connectivity index (χ0v) is 12.7. The number of piperazine rings is 1. The second kappa shape index (κ2) is 6.28. The van der Waals surface area contributed by atoms with Crippen LogP contribution in [0.2, 0.25) is 0 Å². The molecule has 0 aromatic carbocycles. The number of nitrogens with two attached hydrogens (primary N) is 1. The van der Waals surface area contributed by atoms with Crippen LogP contribution in [0.4, 0.5) is 0 Å². The first kappa shape index (κ1) is 14.9. The lowest BCUT2D eigenvalue weighted by atomic mass is 10.2. The molecule has 2 N–H and O–H groups in total. The van der Waals surface area contributed by atoms with Gasteiger partial charge in [0, 0.05) is 38.1 Å². The summed E-state index contributed by atoms with van der Waals surface area (Å²) in [6, 6.07) is 3.77. The van der Waals surface area contributed by atoms with Crippen molar-refractivity contribution in [2.45, 2.75) is 19.9 Å². The molecule has 1 aliphatic rings. The average molecular weight is 292 g/mol. The number of thiocarbonyl (C=S) groups is 1. The number of aromatic nitrogens is 1. The highest BCUT2D eigenvalue weighted by Gasteiger charge is 2.25. The summed E-state index contributed by atoms with van der Waals surface area (Å²) in [4.78, 5) is 21.1. The molecular weight excluding hydrogens is 272 g/mol. The highest BCUT2D eigenvalue weighted by atomic mass is 32.1. The molecule has 6 heteroatoms. The minimum atomic E-state index is 0.0418. The lowest BCUT2D eigenvalue weighted by Gasteiger charge is -2.37. The summed E-state index contributed by atoms with van der Waals surface area (Å²) >= 11 is 5.02. The van der Waals surface area contributed by atoms with Crippen molar-refractivity contribution in [2.24, 2.45) is 5.73 Å². The van der Waals surface area contributed by atoms with Gasteiger partial charge < -0.3 is 10.6 Å². The Balaban J connectivity index is 1.95. The van der Waals surface area contributed by atoms with Crippen molar-refractivity contribution in [3.63, 3.8) is 0 Å². The fraction of sp³-hybridized carbons (Fsp3) is 0.500. The molecule has 108 valence electrons. The number of hydrogen-bond donors (Lipinski definition) is 1. The lowest BCUT2D eigenvalue weighted by molar-refractivity contribution is 0.0621. The van der Waals surface area contributed by atoms with Gasteiger partial charge in [0.05, 0.1) is 16.6 Å². The first-order valence-corrected chi connectivity index (χ1v) is 7.15. The van der Waals surface area contributed by atoms with Gasteiger partial charge in [-0.2, -0.15) is 0 Å². The number of aryl methyl sites for hydroxylation is 1. The van der Waals surface area contributed by atoms with E-state index in [2.05, 4.69) is 9.88 Å². The number of pyridine rings is 1. The summed E-state index contributed by atoms with van der Waals surface area (Å²) in [6.45, 7) is 6.89. The summed E-state index contributed by atoms with van der Waals surface area (Å²) in [5.41, 5.74) is 7.23. The maximum atomic E-state index is 12.3. The van der Waals surface area contributed by atoms with Crippen LogP contribution in [0, 0.1) is 6.92 Å². The monoisotopic (exact) mass is 292 g/mol. The van der Waals surface area contributed by atoms with Gasteiger partial charge in [0.25, 0.3) is 5.91 Å². The van der Waals surface area contributed by atoms with Crippen LogP contribution in [-0.4, -0.2) is 57.9 Å². The smallest absolute Gasteiger partial charge is 0.255 e. The fourth-order valence-corrected chi connectivity index (χ4v) is 2.42. The third-order valence-corrected chi connectivity index (χ3v) is 4.06. The normalized spacial score (nSPS) is 17.8. The van der Waals surface area contributed by atoms with Crippen molar-refractivity contribution in [3.05, 3.63) is 29.6 Å². The van der Waals surface area contributed by atoms with Crippen LogP contribution in [0.15, 0.2) is 18.3 Å². The summed E-state index contributed by atoms with van der Waals surface area (Å²) in [5, 5.41) is 0. The molecule has 0 aliphatic carbocycles. The Morgan fingerprint density at radius 1 is 1.35 bits per heavy atom. The van der Waals surface area contributed by atoms with Gasteiger partial charge in [-0.25, -0.2) is 0 Å². The van der Waals surface area contributed by atoms with E-state index in [-0.39, 0.29) is 11.9 Å². The minimum Gasteiger partial charge on any atom is -0.392 e. The number of carbonyl (C=O) groups is 1. The van der Waals surface area contributed by atoms with Crippen LogP contribution >= 0.6 is 12.2 Å². The SMILES string of the molecule is Cc1ccc(C(=O)N2CCN(C(C)C(N)=S)CC2)cn1. The van der Waals surface area contributed by atoms with E-state index in [0.717, 1.165) is 18.8 Å². The van der Waals surface area contributed by atoms with E-state index in [9.17, 15) is 4.79 Å². The molecule has 0 saturated carbocycles. The van der Waals surface area contributed by atoms with Gasteiger partial charge in [-0.3, -0.25) is 14.7 Å². The number of carbonyl (C=O) groups excluding carboxylic acids is 1. The van der Waals surface area contributed by atoms with Crippen molar-refractivity contribution in [2.75, 3.05) is 26.2 Å². The predicted molar refractivity (Wildman–Crippen MR) is 82.7 cm³/mol. The number of amides is 1. The fourth-order valence-electron chi connectivity index (χ4n) is 2.27. The van der Waals surface area contributed by atoms with Crippen molar-refractivity contribution in [1.29, 1.82) is 0 Å². The van der Waals surface area contributed by atoms with E-state index in [4.69, 9.17) is 18.0 Å². The Kier molecular flexibility index (Phi) is 4.67. The standard InChI is InChI=1S/C14H20N4OS/c1-10-3-4-12(9-16-10)14(19)18-7-5-17(6-8-18)11(2)13(15)20/h3-4,9,11H,5-8H2,1-2H3,(H2,15,20). The molecule has 20 heavy (non-hydrogen) atoms. The van der Waals surface area contributed by atoms with Gasteiger partial charge in [0.1, 0.15) is 0 Å². The maximum Gasteiger partial charge on any atom is 0.255 e. The number of nitrogens with zero attached hydrogens (tertiary/aromatic N) is 3. The summed E-state index contributed by atoms with van der Waals surface area (Å²) in [5.74, 6) is 0.0418. The Bertz CT molecular complexity index is 494. The van der Waals surface area contributed by atoms with Crippen LogP contribution in [0.1, 0.15) is 23.0 Å². The Morgan fingerprint density at radius 2 is 2.00 bits per heavy atom. The maximum absolute atomic E-state index is 12.3. The Morgan fingerprint density at radius 3 is 2.50 bits per heavy atom. The second-order valence-corrected chi connectivity index (χ2v) is 5.57. The highest BCUT2D eigenvalue weighted by Crippen LogP contribution is 2.11. The molecule has 1 aliphatic heterocycles. The van der Waals surface area contributed by atoms with Gasteiger partial charge in [0.2, 0.25) is 0 Å². The van der Waals surface area contributed by atoms with E-state index < -0.39 is 0 Å². The van der Waals surface area contributed by atoms with E-state index >= 15 is 0 Å². The second-order valence-electron chi connectivity index (χ2n) is 5.09. The molecule has 1 aromatic rings. The minimum absolute atomic E-state index is 0.0418.